The van der Waals surface area contributed by atoms with Crippen LogP contribution in [0.15, 0.2) is 59.9 Å². The molecule has 0 saturated carbocycles. The van der Waals surface area contributed by atoms with E-state index in [1.807, 2.05) is 19.1 Å². The molecule has 5 heteroatoms. The Labute approximate surface area is 157 Å². The van der Waals surface area contributed by atoms with Crippen molar-refractivity contribution < 1.29 is 19.1 Å². The fourth-order valence-electron chi connectivity index (χ4n) is 3.17. The molecule has 1 amide bonds. The Balaban J connectivity index is 2.19. The normalized spacial score (nSPS) is 17.6. The number of nitrogens with zero attached hydrogens (tertiary/aromatic N) is 1. The van der Waals surface area contributed by atoms with Gasteiger partial charge in [0.05, 0.1) is 11.6 Å². The fraction of sp³-hybridized carbons (Fsp3) is 0.273. The highest BCUT2D eigenvalue weighted by Crippen LogP contribution is 2.43. The maximum Gasteiger partial charge on any atom is 0.294 e. The number of benzene rings is 2. The van der Waals surface area contributed by atoms with E-state index in [0.717, 1.165) is 5.56 Å². The van der Waals surface area contributed by atoms with Gasteiger partial charge in [0.2, 0.25) is 0 Å². The predicted molar refractivity (Wildman–Crippen MR) is 102 cm³/mol. The first-order chi connectivity index (χ1) is 12.6. The number of rotatable bonds is 3. The van der Waals surface area contributed by atoms with Crippen LogP contribution in [0.3, 0.4) is 0 Å². The van der Waals surface area contributed by atoms with E-state index in [1.54, 1.807) is 32.9 Å². The molecule has 1 unspecified atom stereocenters. The number of halogens is 1. The van der Waals surface area contributed by atoms with Crippen molar-refractivity contribution in [2.24, 2.45) is 5.41 Å². The largest absolute Gasteiger partial charge is 0.503 e. The third-order valence-electron chi connectivity index (χ3n) is 4.63. The summed E-state index contributed by atoms with van der Waals surface area (Å²) in [7, 11) is 0. The summed E-state index contributed by atoms with van der Waals surface area (Å²) in [5.74, 6) is -1.93. The number of aliphatic hydroxyl groups excluding tert-OH is 1. The molecule has 0 bridgehead atoms. The summed E-state index contributed by atoms with van der Waals surface area (Å²) in [6.45, 7) is 7.13. The number of aliphatic hydroxyl groups is 1. The Morgan fingerprint density at radius 1 is 1.04 bits per heavy atom. The molecular formula is C22H22FNO3. The number of aryl methyl sites for hydroxylation is 1. The molecule has 1 aliphatic heterocycles. The summed E-state index contributed by atoms with van der Waals surface area (Å²) in [5.41, 5.74) is 1.39. The maximum absolute atomic E-state index is 13.4. The number of ketones is 1. The lowest BCUT2D eigenvalue weighted by atomic mass is 9.82. The lowest BCUT2D eigenvalue weighted by molar-refractivity contribution is -0.123. The Morgan fingerprint density at radius 2 is 1.59 bits per heavy atom. The Bertz CT molecular complexity index is 922. The van der Waals surface area contributed by atoms with Gasteiger partial charge >= 0.3 is 0 Å². The summed E-state index contributed by atoms with van der Waals surface area (Å²) >= 11 is 0. The number of carbonyl (C=O) groups is 2. The summed E-state index contributed by atoms with van der Waals surface area (Å²) in [4.78, 5) is 27.3. The van der Waals surface area contributed by atoms with E-state index < -0.39 is 28.9 Å². The van der Waals surface area contributed by atoms with Gasteiger partial charge in [0, 0.05) is 11.1 Å². The molecule has 0 spiro atoms. The van der Waals surface area contributed by atoms with Crippen LogP contribution in [0.2, 0.25) is 0 Å². The van der Waals surface area contributed by atoms with Gasteiger partial charge in [-0.15, -0.1) is 0 Å². The lowest BCUT2D eigenvalue weighted by Gasteiger charge is -2.29. The molecule has 1 heterocycles. The minimum absolute atomic E-state index is 0.0414. The monoisotopic (exact) mass is 367 g/mol. The van der Waals surface area contributed by atoms with Crippen LogP contribution >= 0.6 is 0 Å². The Hall–Kier alpha value is -2.95. The molecule has 0 aromatic heterocycles. The standard InChI is InChI=1S/C22H22FNO3/c1-13-5-11-16(12-6-13)24-18(14-7-9-15(23)10-8-14)17(19(25)21(24)27)20(26)22(2,3)4/h5-12,18,25H,1-4H3. The van der Waals surface area contributed by atoms with Crippen LogP contribution in [0.1, 0.15) is 37.9 Å². The summed E-state index contributed by atoms with van der Waals surface area (Å²) in [6, 6.07) is 12.0. The third-order valence-corrected chi connectivity index (χ3v) is 4.63. The molecular weight excluding hydrogens is 345 g/mol. The molecule has 1 N–H and O–H groups in total. The zero-order valence-electron chi connectivity index (χ0n) is 15.8. The van der Waals surface area contributed by atoms with E-state index in [2.05, 4.69) is 0 Å². The average molecular weight is 367 g/mol. The van der Waals surface area contributed by atoms with Gasteiger partial charge in [-0.25, -0.2) is 4.39 Å². The van der Waals surface area contributed by atoms with Crippen molar-refractivity contribution >= 4 is 17.4 Å². The fourth-order valence-corrected chi connectivity index (χ4v) is 3.17. The van der Waals surface area contributed by atoms with Crippen molar-refractivity contribution in [3.05, 3.63) is 76.8 Å². The van der Waals surface area contributed by atoms with Crippen molar-refractivity contribution in [2.45, 2.75) is 33.7 Å². The highest BCUT2D eigenvalue weighted by molar-refractivity contribution is 6.17. The number of Topliss-reactive ketones (excluding diaryl/α,β-unsaturated/α-hetero) is 1. The van der Waals surface area contributed by atoms with Crippen LogP contribution in [0, 0.1) is 18.2 Å². The molecule has 2 aromatic carbocycles. The maximum atomic E-state index is 13.4. The second kappa shape index (κ2) is 6.65. The van der Waals surface area contributed by atoms with Gasteiger partial charge in [-0.3, -0.25) is 14.5 Å². The zero-order chi connectivity index (χ0) is 19.9. The summed E-state index contributed by atoms with van der Waals surface area (Å²) in [5, 5.41) is 10.6. The molecule has 1 atom stereocenters. The van der Waals surface area contributed by atoms with Gasteiger partial charge in [0.15, 0.2) is 11.5 Å². The van der Waals surface area contributed by atoms with Gasteiger partial charge in [-0.2, -0.15) is 0 Å². The van der Waals surface area contributed by atoms with Gasteiger partial charge in [-0.05, 0) is 36.8 Å². The molecule has 1 aliphatic rings. The quantitative estimate of drug-likeness (QED) is 0.859. The highest BCUT2D eigenvalue weighted by Gasteiger charge is 2.46. The van der Waals surface area contributed by atoms with E-state index in [1.165, 1.54) is 29.2 Å². The minimum atomic E-state index is -0.812. The van der Waals surface area contributed by atoms with Crippen LogP contribution in [0.5, 0.6) is 0 Å². The minimum Gasteiger partial charge on any atom is -0.503 e. The van der Waals surface area contributed by atoms with Gasteiger partial charge in [0.1, 0.15) is 5.82 Å². The molecule has 0 fully saturated rings. The summed E-state index contributed by atoms with van der Waals surface area (Å²) < 4.78 is 13.4. The molecule has 3 rings (SSSR count). The number of amides is 1. The smallest absolute Gasteiger partial charge is 0.294 e. The van der Waals surface area contributed by atoms with Crippen LogP contribution in [0.4, 0.5) is 10.1 Å². The van der Waals surface area contributed by atoms with Gasteiger partial charge in [0.25, 0.3) is 5.91 Å². The molecule has 27 heavy (non-hydrogen) atoms. The van der Waals surface area contributed by atoms with Crippen LogP contribution in [-0.2, 0) is 9.59 Å². The van der Waals surface area contributed by atoms with E-state index in [0.29, 0.717) is 11.3 Å². The molecule has 0 aliphatic carbocycles. The molecule has 140 valence electrons. The molecule has 2 aromatic rings. The molecule has 0 saturated heterocycles. The van der Waals surface area contributed by atoms with Crippen LogP contribution in [-0.4, -0.2) is 16.8 Å². The number of anilines is 1. The second-order valence-electron chi connectivity index (χ2n) is 7.81. The highest BCUT2D eigenvalue weighted by atomic mass is 19.1. The zero-order valence-corrected chi connectivity index (χ0v) is 15.8. The van der Waals surface area contributed by atoms with Gasteiger partial charge < -0.3 is 5.11 Å². The number of hydrogen-bond acceptors (Lipinski definition) is 3. The molecule has 4 nitrogen and oxygen atoms in total. The molecule has 0 radical (unpaired) electrons. The predicted octanol–water partition coefficient (Wildman–Crippen LogP) is 4.65. The first kappa shape index (κ1) is 18.8. The Morgan fingerprint density at radius 3 is 2.11 bits per heavy atom. The van der Waals surface area contributed by atoms with E-state index in [-0.39, 0.29) is 11.4 Å². The van der Waals surface area contributed by atoms with Gasteiger partial charge in [-0.1, -0.05) is 50.6 Å². The van der Waals surface area contributed by atoms with E-state index in [9.17, 15) is 19.1 Å². The second-order valence-corrected chi connectivity index (χ2v) is 7.81. The van der Waals surface area contributed by atoms with E-state index in [4.69, 9.17) is 0 Å². The first-order valence-electron chi connectivity index (χ1n) is 8.75. The van der Waals surface area contributed by atoms with Crippen molar-refractivity contribution in [3.63, 3.8) is 0 Å². The topological polar surface area (TPSA) is 57.6 Å². The third kappa shape index (κ3) is 3.37. The first-order valence-corrected chi connectivity index (χ1v) is 8.75. The SMILES string of the molecule is Cc1ccc(N2C(=O)C(O)=C(C(=O)C(C)(C)C)C2c2ccc(F)cc2)cc1. The van der Waals surface area contributed by atoms with Crippen LogP contribution in [0.25, 0.3) is 0 Å². The number of carbonyl (C=O) groups excluding carboxylic acids is 2. The van der Waals surface area contributed by atoms with E-state index >= 15 is 0 Å². The van der Waals surface area contributed by atoms with Crippen molar-refractivity contribution in [1.29, 1.82) is 0 Å². The van der Waals surface area contributed by atoms with Crippen molar-refractivity contribution in [3.8, 4) is 0 Å². The number of hydrogen-bond donors (Lipinski definition) is 1. The lowest BCUT2D eigenvalue weighted by Crippen LogP contribution is -2.32. The Kier molecular flexibility index (Phi) is 4.64. The van der Waals surface area contributed by atoms with Crippen molar-refractivity contribution in [1.82, 2.24) is 0 Å². The van der Waals surface area contributed by atoms with Crippen LogP contribution < -0.4 is 4.90 Å². The summed E-state index contributed by atoms with van der Waals surface area (Å²) in [6.07, 6.45) is 0. The average Bonchev–Trinajstić information content (AvgIpc) is 2.86. The van der Waals surface area contributed by atoms with Crippen molar-refractivity contribution in [2.75, 3.05) is 4.90 Å².